The summed E-state index contributed by atoms with van der Waals surface area (Å²) in [5, 5.41) is 11.6. The maximum atomic E-state index is 11.8. The quantitative estimate of drug-likeness (QED) is 0.656. The Kier molecular flexibility index (Phi) is 3.76. The van der Waals surface area contributed by atoms with Gasteiger partial charge in [-0.2, -0.15) is 0 Å². The Balaban J connectivity index is 1.95. The predicted octanol–water partition coefficient (Wildman–Crippen LogP) is 1.60. The zero-order valence-electron chi connectivity index (χ0n) is 9.34. The van der Waals surface area contributed by atoms with Crippen LogP contribution in [0.1, 0.15) is 16.8 Å². The molecule has 1 amide bonds. The number of aromatic nitrogens is 1. The smallest absolute Gasteiger partial charge is 0.310 e. The van der Waals surface area contributed by atoms with Crippen molar-refractivity contribution in [3.05, 3.63) is 40.6 Å². The molecular formula is C12H11BrN2O3. The van der Waals surface area contributed by atoms with Gasteiger partial charge in [0.15, 0.2) is 0 Å². The lowest BCUT2D eigenvalue weighted by atomic mass is 10.1. The lowest BCUT2D eigenvalue weighted by Gasteiger charge is -2.11. The first-order valence-corrected chi connectivity index (χ1v) is 6.19. The maximum absolute atomic E-state index is 11.8. The molecule has 5 nitrogen and oxygen atoms in total. The van der Waals surface area contributed by atoms with E-state index in [9.17, 15) is 9.59 Å². The number of carbonyl (C=O) groups excluding carboxylic acids is 1. The number of hydrogen-bond acceptors (Lipinski definition) is 3. The molecule has 0 spiro atoms. The molecule has 18 heavy (non-hydrogen) atoms. The number of hydrogen-bond donors (Lipinski definition) is 2. The molecule has 0 saturated carbocycles. The lowest BCUT2D eigenvalue weighted by molar-refractivity contribution is -0.140. The van der Waals surface area contributed by atoms with Crippen LogP contribution in [0.3, 0.4) is 0 Å². The third-order valence-electron chi connectivity index (χ3n) is 2.71. The Labute approximate surface area is 112 Å². The summed E-state index contributed by atoms with van der Waals surface area (Å²) >= 11 is 3.19. The lowest BCUT2D eigenvalue weighted by Crippen LogP contribution is -2.33. The van der Waals surface area contributed by atoms with Crippen LogP contribution in [0, 0.1) is 5.92 Å². The summed E-state index contributed by atoms with van der Waals surface area (Å²) in [6.45, 7) is 0. The first-order chi connectivity index (χ1) is 8.56. The zero-order valence-corrected chi connectivity index (χ0v) is 10.9. The highest BCUT2D eigenvalue weighted by Crippen LogP contribution is 2.18. The van der Waals surface area contributed by atoms with E-state index < -0.39 is 11.9 Å². The number of rotatable bonds is 3. The standard InChI is InChI=1S/C12H11BrN2O3/c13-10-4-2-8(6-14-10)11(16)15-9-3-1-7(5-9)12(17)18/h1-4,6-7,9H,5H2,(H,15,16)(H,17,18). The molecule has 0 saturated heterocycles. The van der Waals surface area contributed by atoms with Crippen LogP contribution < -0.4 is 5.32 Å². The Morgan fingerprint density at radius 2 is 2.17 bits per heavy atom. The summed E-state index contributed by atoms with van der Waals surface area (Å²) in [7, 11) is 0. The van der Waals surface area contributed by atoms with Gasteiger partial charge < -0.3 is 10.4 Å². The molecule has 1 aliphatic rings. The van der Waals surface area contributed by atoms with Gasteiger partial charge >= 0.3 is 5.97 Å². The molecule has 2 N–H and O–H groups in total. The Bertz CT molecular complexity index is 499. The van der Waals surface area contributed by atoms with Crippen LogP contribution in [0.25, 0.3) is 0 Å². The van der Waals surface area contributed by atoms with Crippen LogP contribution in [-0.2, 0) is 4.79 Å². The van der Waals surface area contributed by atoms with Crippen LogP contribution in [-0.4, -0.2) is 28.0 Å². The second-order valence-electron chi connectivity index (χ2n) is 4.01. The van der Waals surface area contributed by atoms with Gasteiger partial charge in [-0.3, -0.25) is 9.59 Å². The van der Waals surface area contributed by atoms with Gasteiger partial charge in [-0.05, 0) is 34.5 Å². The average molecular weight is 311 g/mol. The Hall–Kier alpha value is -1.69. The molecule has 94 valence electrons. The summed E-state index contributed by atoms with van der Waals surface area (Å²) in [5.41, 5.74) is 0.449. The molecule has 0 aliphatic heterocycles. The fraction of sp³-hybridized carbons (Fsp3) is 0.250. The van der Waals surface area contributed by atoms with Crippen LogP contribution >= 0.6 is 15.9 Å². The summed E-state index contributed by atoms with van der Waals surface area (Å²) < 4.78 is 0.658. The van der Waals surface area contributed by atoms with Crippen LogP contribution in [0.2, 0.25) is 0 Å². The number of aliphatic carboxylic acids is 1. The van der Waals surface area contributed by atoms with Crippen molar-refractivity contribution in [3.8, 4) is 0 Å². The summed E-state index contributed by atoms with van der Waals surface area (Å²) in [6.07, 6.45) is 5.17. The van der Waals surface area contributed by atoms with E-state index in [4.69, 9.17) is 5.11 Å². The number of pyridine rings is 1. The average Bonchev–Trinajstić information content (AvgIpc) is 2.78. The molecule has 2 unspecified atom stereocenters. The number of carbonyl (C=O) groups is 2. The third-order valence-corrected chi connectivity index (χ3v) is 3.18. The van der Waals surface area contributed by atoms with Crippen molar-refractivity contribution < 1.29 is 14.7 Å². The molecule has 2 atom stereocenters. The van der Waals surface area contributed by atoms with Gasteiger partial charge in [-0.25, -0.2) is 4.98 Å². The number of nitrogens with zero attached hydrogens (tertiary/aromatic N) is 1. The molecule has 0 fully saturated rings. The second kappa shape index (κ2) is 5.30. The number of carboxylic acids is 1. The van der Waals surface area contributed by atoms with Crippen molar-refractivity contribution >= 4 is 27.8 Å². The van der Waals surface area contributed by atoms with E-state index in [0.29, 0.717) is 16.6 Å². The second-order valence-corrected chi connectivity index (χ2v) is 4.83. The number of halogens is 1. The number of nitrogens with one attached hydrogen (secondary N) is 1. The molecule has 6 heteroatoms. The SMILES string of the molecule is O=C(NC1C=CC(C(=O)O)C1)c1ccc(Br)nc1. The zero-order chi connectivity index (χ0) is 13.1. The van der Waals surface area contributed by atoms with E-state index >= 15 is 0 Å². The molecule has 0 bridgehead atoms. The van der Waals surface area contributed by atoms with Crippen molar-refractivity contribution in [1.82, 2.24) is 10.3 Å². The van der Waals surface area contributed by atoms with E-state index in [1.54, 1.807) is 24.3 Å². The molecule has 1 aromatic rings. The number of carboxylic acid groups (broad SMARTS) is 1. The van der Waals surface area contributed by atoms with E-state index in [1.807, 2.05) is 0 Å². The highest BCUT2D eigenvalue weighted by Gasteiger charge is 2.25. The minimum absolute atomic E-state index is 0.234. The molecule has 0 radical (unpaired) electrons. The molecular weight excluding hydrogens is 300 g/mol. The predicted molar refractivity (Wildman–Crippen MR) is 68.1 cm³/mol. The largest absolute Gasteiger partial charge is 0.481 e. The number of amides is 1. The van der Waals surface area contributed by atoms with Gasteiger partial charge in [0.2, 0.25) is 0 Å². The first kappa shape index (κ1) is 12.8. The van der Waals surface area contributed by atoms with Gasteiger partial charge in [-0.15, -0.1) is 0 Å². The third kappa shape index (κ3) is 2.95. The van der Waals surface area contributed by atoms with Crippen molar-refractivity contribution in [3.63, 3.8) is 0 Å². The van der Waals surface area contributed by atoms with Crippen molar-refractivity contribution in [2.24, 2.45) is 5.92 Å². The monoisotopic (exact) mass is 310 g/mol. The fourth-order valence-electron chi connectivity index (χ4n) is 1.75. The minimum Gasteiger partial charge on any atom is -0.481 e. The Morgan fingerprint density at radius 1 is 1.39 bits per heavy atom. The van der Waals surface area contributed by atoms with Gasteiger partial charge in [-0.1, -0.05) is 12.2 Å². The first-order valence-electron chi connectivity index (χ1n) is 5.40. The van der Waals surface area contributed by atoms with Gasteiger partial charge in [0.05, 0.1) is 11.5 Å². The van der Waals surface area contributed by atoms with Crippen molar-refractivity contribution in [1.29, 1.82) is 0 Å². The van der Waals surface area contributed by atoms with E-state index in [2.05, 4.69) is 26.2 Å². The minimum atomic E-state index is -0.867. The summed E-state index contributed by atoms with van der Waals surface area (Å²) in [4.78, 5) is 26.6. The molecule has 1 aliphatic carbocycles. The highest BCUT2D eigenvalue weighted by molar-refractivity contribution is 9.10. The van der Waals surface area contributed by atoms with Crippen LogP contribution in [0.5, 0.6) is 0 Å². The van der Waals surface area contributed by atoms with E-state index in [1.165, 1.54) is 6.20 Å². The Morgan fingerprint density at radius 3 is 2.72 bits per heavy atom. The van der Waals surface area contributed by atoms with Gasteiger partial charge in [0, 0.05) is 12.2 Å². The van der Waals surface area contributed by atoms with E-state index in [-0.39, 0.29) is 11.9 Å². The molecule has 1 heterocycles. The molecule has 0 aromatic carbocycles. The fourth-order valence-corrected chi connectivity index (χ4v) is 1.99. The summed E-state index contributed by atoms with van der Waals surface area (Å²) in [5.74, 6) is -1.64. The van der Waals surface area contributed by atoms with Gasteiger partial charge in [0.25, 0.3) is 5.91 Å². The van der Waals surface area contributed by atoms with E-state index in [0.717, 1.165) is 0 Å². The molecule has 1 aromatic heterocycles. The van der Waals surface area contributed by atoms with Gasteiger partial charge in [0.1, 0.15) is 4.60 Å². The molecule has 2 rings (SSSR count). The normalized spacial score (nSPS) is 21.8. The van der Waals surface area contributed by atoms with Crippen LogP contribution in [0.15, 0.2) is 35.1 Å². The summed E-state index contributed by atoms with van der Waals surface area (Å²) in [6, 6.07) is 3.10. The van der Waals surface area contributed by atoms with Crippen molar-refractivity contribution in [2.75, 3.05) is 0 Å². The maximum Gasteiger partial charge on any atom is 0.310 e. The highest BCUT2D eigenvalue weighted by atomic mass is 79.9. The van der Waals surface area contributed by atoms with Crippen LogP contribution in [0.4, 0.5) is 0 Å². The topological polar surface area (TPSA) is 79.3 Å². The van der Waals surface area contributed by atoms with Crippen molar-refractivity contribution in [2.45, 2.75) is 12.5 Å².